The average Bonchev–Trinajstić information content (AvgIpc) is 2.83. The number of alkyl halides is 1. The topological polar surface area (TPSA) is 54.4 Å². The van der Waals surface area contributed by atoms with Crippen LogP contribution in [0.4, 0.5) is 4.39 Å². The Morgan fingerprint density at radius 1 is 1.31 bits per heavy atom. The highest BCUT2D eigenvalue weighted by Gasteiger charge is 2.65. The maximum Gasteiger partial charge on any atom is 0.161 e. The van der Waals surface area contributed by atoms with Crippen molar-refractivity contribution in [2.24, 2.45) is 34.5 Å². The Morgan fingerprint density at radius 2 is 2.00 bits per heavy atom. The molecule has 3 unspecified atom stereocenters. The number of carbonyl (C=O) groups is 2. The smallest absolute Gasteiger partial charge is 0.161 e. The summed E-state index contributed by atoms with van der Waals surface area (Å²) in [6.07, 6.45) is 4.66. The zero-order valence-electron chi connectivity index (χ0n) is 16.3. The van der Waals surface area contributed by atoms with Gasteiger partial charge in [-0.3, -0.25) is 9.59 Å². The third-order valence-electron chi connectivity index (χ3n) is 8.89. The molecule has 4 aliphatic carbocycles. The zero-order chi connectivity index (χ0) is 19.1. The van der Waals surface area contributed by atoms with E-state index in [9.17, 15) is 14.7 Å². The Labute approximate surface area is 155 Å². The molecular formula is C22H31FO3. The van der Waals surface area contributed by atoms with Crippen molar-refractivity contribution in [2.75, 3.05) is 0 Å². The standard InChI is InChI=1S/C22H31FO3/c1-12-11-20(3)15-5-7-21(4)16(6-8-22(21,26)13(2)24)14(15)9-18(23)17(20)10-19(12)25/h5,12,14,16-18,26H,6-11H2,1-4H3/t12?,14-,16+,17?,18?,20-,21+,22+/m1/s1. The van der Waals surface area contributed by atoms with Crippen LogP contribution in [0.15, 0.2) is 11.6 Å². The van der Waals surface area contributed by atoms with Crippen LogP contribution in [-0.4, -0.2) is 28.4 Å². The number of Topliss-reactive ketones (excluding diaryl/α,β-unsaturated/α-hetero) is 2. The molecule has 0 spiro atoms. The molecule has 4 heteroatoms. The summed E-state index contributed by atoms with van der Waals surface area (Å²) < 4.78 is 15.3. The van der Waals surface area contributed by atoms with Gasteiger partial charge in [0.05, 0.1) is 0 Å². The molecule has 0 heterocycles. The Morgan fingerprint density at radius 3 is 2.65 bits per heavy atom. The number of ketones is 2. The Hall–Kier alpha value is -1.03. The molecule has 0 bridgehead atoms. The minimum Gasteiger partial charge on any atom is -0.381 e. The first-order valence-corrected chi connectivity index (χ1v) is 10.2. The fourth-order valence-electron chi connectivity index (χ4n) is 7.27. The van der Waals surface area contributed by atoms with Crippen LogP contribution in [0.3, 0.4) is 0 Å². The van der Waals surface area contributed by atoms with Crippen molar-refractivity contribution in [2.45, 2.75) is 78.0 Å². The van der Waals surface area contributed by atoms with Gasteiger partial charge >= 0.3 is 0 Å². The largest absolute Gasteiger partial charge is 0.381 e. The molecule has 26 heavy (non-hydrogen) atoms. The van der Waals surface area contributed by atoms with Gasteiger partial charge in [0.15, 0.2) is 5.78 Å². The highest BCUT2D eigenvalue weighted by molar-refractivity contribution is 5.86. The lowest BCUT2D eigenvalue weighted by Gasteiger charge is -2.58. The molecule has 0 aromatic carbocycles. The number of rotatable bonds is 1. The van der Waals surface area contributed by atoms with E-state index in [0.29, 0.717) is 25.7 Å². The molecule has 0 aromatic rings. The van der Waals surface area contributed by atoms with Crippen LogP contribution in [0.5, 0.6) is 0 Å². The summed E-state index contributed by atoms with van der Waals surface area (Å²) in [4.78, 5) is 24.5. The van der Waals surface area contributed by atoms with Gasteiger partial charge in [-0.05, 0) is 56.3 Å². The number of allylic oxidation sites excluding steroid dienone is 2. The van der Waals surface area contributed by atoms with Gasteiger partial charge in [0, 0.05) is 23.7 Å². The average molecular weight is 362 g/mol. The van der Waals surface area contributed by atoms with E-state index in [1.807, 2.05) is 13.8 Å². The van der Waals surface area contributed by atoms with Crippen LogP contribution in [-0.2, 0) is 9.59 Å². The Kier molecular flexibility index (Phi) is 3.88. The van der Waals surface area contributed by atoms with Gasteiger partial charge in [-0.25, -0.2) is 4.39 Å². The third kappa shape index (κ3) is 2.08. The number of aliphatic hydroxyl groups is 1. The van der Waals surface area contributed by atoms with Crippen LogP contribution in [0.25, 0.3) is 0 Å². The van der Waals surface area contributed by atoms with E-state index in [1.54, 1.807) is 0 Å². The molecule has 0 radical (unpaired) electrons. The monoisotopic (exact) mass is 362 g/mol. The second-order valence-corrected chi connectivity index (χ2v) is 10.0. The molecule has 8 atom stereocenters. The van der Waals surface area contributed by atoms with Crippen LogP contribution >= 0.6 is 0 Å². The van der Waals surface area contributed by atoms with Crippen LogP contribution < -0.4 is 0 Å². The van der Waals surface area contributed by atoms with E-state index in [0.717, 1.165) is 12.8 Å². The summed E-state index contributed by atoms with van der Waals surface area (Å²) in [5.41, 5.74) is -0.759. The molecular weight excluding hydrogens is 331 g/mol. The van der Waals surface area contributed by atoms with Crippen LogP contribution in [0.2, 0.25) is 0 Å². The first-order valence-electron chi connectivity index (χ1n) is 10.2. The second kappa shape index (κ2) is 5.50. The fourth-order valence-corrected chi connectivity index (χ4v) is 7.27. The molecule has 0 amide bonds. The van der Waals surface area contributed by atoms with E-state index in [1.165, 1.54) is 12.5 Å². The molecule has 144 valence electrons. The van der Waals surface area contributed by atoms with Crippen molar-refractivity contribution < 1.29 is 19.1 Å². The van der Waals surface area contributed by atoms with Crippen molar-refractivity contribution >= 4 is 11.6 Å². The van der Waals surface area contributed by atoms with Crippen molar-refractivity contribution in [3.8, 4) is 0 Å². The number of fused-ring (bicyclic) bond motifs is 5. The van der Waals surface area contributed by atoms with E-state index in [4.69, 9.17) is 0 Å². The predicted octanol–water partition coefficient (Wildman–Crippen LogP) is 4.03. The predicted molar refractivity (Wildman–Crippen MR) is 97.2 cm³/mol. The van der Waals surface area contributed by atoms with E-state index in [2.05, 4.69) is 13.0 Å². The molecule has 1 N–H and O–H groups in total. The van der Waals surface area contributed by atoms with E-state index >= 15 is 4.39 Å². The zero-order valence-corrected chi connectivity index (χ0v) is 16.3. The molecule has 0 aliphatic heterocycles. The van der Waals surface area contributed by atoms with Gasteiger partial charge in [0.25, 0.3) is 0 Å². The first-order chi connectivity index (χ1) is 12.0. The lowest BCUT2D eigenvalue weighted by atomic mass is 9.47. The third-order valence-corrected chi connectivity index (χ3v) is 8.89. The highest BCUT2D eigenvalue weighted by atomic mass is 19.1. The lowest BCUT2D eigenvalue weighted by molar-refractivity contribution is -0.152. The summed E-state index contributed by atoms with van der Waals surface area (Å²) in [6, 6.07) is 0. The molecule has 3 nitrogen and oxygen atoms in total. The summed E-state index contributed by atoms with van der Waals surface area (Å²) in [6.45, 7) is 7.63. The molecule has 3 fully saturated rings. The number of halogens is 1. The lowest BCUT2D eigenvalue weighted by Crippen LogP contribution is -2.57. The minimum absolute atomic E-state index is 0.0193. The number of hydrogen-bond acceptors (Lipinski definition) is 3. The minimum atomic E-state index is -1.29. The van der Waals surface area contributed by atoms with Crippen LogP contribution in [0, 0.1) is 34.5 Å². The summed E-state index contributed by atoms with van der Waals surface area (Å²) in [5.74, 6) is 0.0222. The highest BCUT2D eigenvalue weighted by Crippen LogP contribution is 2.66. The molecule has 4 rings (SSSR count). The quantitative estimate of drug-likeness (QED) is 0.717. The Balaban J connectivity index is 1.77. The van der Waals surface area contributed by atoms with Gasteiger partial charge in [0.2, 0.25) is 0 Å². The normalized spacial score (nSPS) is 53.4. The molecule has 3 saturated carbocycles. The maximum atomic E-state index is 15.3. The summed E-state index contributed by atoms with van der Waals surface area (Å²) >= 11 is 0. The summed E-state index contributed by atoms with van der Waals surface area (Å²) in [7, 11) is 0. The van der Waals surface area contributed by atoms with Gasteiger partial charge in [0.1, 0.15) is 17.6 Å². The van der Waals surface area contributed by atoms with Crippen LogP contribution in [0.1, 0.15) is 66.2 Å². The number of carbonyl (C=O) groups excluding carboxylic acids is 2. The maximum absolute atomic E-state index is 15.3. The van der Waals surface area contributed by atoms with Crippen molar-refractivity contribution in [3.63, 3.8) is 0 Å². The second-order valence-electron chi connectivity index (χ2n) is 10.0. The fraction of sp³-hybridized carbons (Fsp3) is 0.818. The van der Waals surface area contributed by atoms with Gasteiger partial charge < -0.3 is 5.11 Å². The molecule has 0 aromatic heterocycles. The molecule has 4 aliphatic rings. The SMILES string of the molecule is CC(=O)[C@@]1(O)CC[C@H]2[C@@H]3CC(F)C4CC(=O)C(C)C[C@]4(C)C3=CC[C@@]21C. The van der Waals surface area contributed by atoms with E-state index < -0.39 is 17.2 Å². The first kappa shape index (κ1) is 18.3. The van der Waals surface area contributed by atoms with Gasteiger partial charge in [-0.2, -0.15) is 0 Å². The molecule has 0 saturated heterocycles. The van der Waals surface area contributed by atoms with E-state index in [-0.39, 0.29) is 40.7 Å². The van der Waals surface area contributed by atoms with Crippen molar-refractivity contribution in [1.29, 1.82) is 0 Å². The van der Waals surface area contributed by atoms with Gasteiger partial charge in [-0.15, -0.1) is 0 Å². The van der Waals surface area contributed by atoms with Crippen molar-refractivity contribution in [3.05, 3.63) is 11.6 Å². The number of hydrogen-bond donors (Lipinski definition) is 1. The van der Waals surface area contributed by atoms with Crippen molar-refractivity contribution in [1.82, 2.24) is 0 Å². The summed E-state index contributed by atoms with van der Waals surface area (Å²) in [5, 5.41) is 11.1. The van der Waals surface area contributed by atoms with Gasteiger partial charge in [-0.1, -0.05) is 32.4 Å². The Bertz CT molecular complexity index is 700.